The number of fused-ring (bicyclic) bond motifs is 1. The Labute approximate surface area is 208 Å². The molecule has 3 atom stereocenters. The normalized spacial score (nSPS) is 20.9. The van der Waals surface area contributed by atoms with E-state index in [1.54, 1.807) is 25.4 Å². The van der Waals surface area contributed by atoms with Gasteiger partial charge in [-0.1, -0.05) is 43.3 Å². The van der Waals surface area contributed by atoms with Crippen molar-refractivity contribution in [3.63, 3.8) is 0 Å². The van der Waals surface area contributed by atoms with Gasteiger partial charge in [-0.15, -0.1) is 0 Å². The number of hydrogen-bond donors (Lipinski definition) is 1. The van der Waals surface area contributed by atoms with Gasteiger partial charge in [0.2, 0.25) is 10.0 Å². The summed E-state index contributed by atoms with van der Waals surface area (Å²) in [7, 11) is -1.83. The van der Waals surface area contributed by atoms with E-state index in [0.29, 0.717) is 12.3 Å². The first-order valence-corrected chi connectivity index (χ1v) is 13.3. The van der Waals surface area contributed by atoms with E-state index in [9.17, 15) is 13.5 Å². The first kappa shape index (κ1) is 25.3. The summed E-state index contributed by atoms with van der Waals surface area (Å²) in [6.07, 6.45) is 3.30. The van der Waals surface area contributed by atoms with E-state index < -0.39 is 16.1 Å². The summed E-state index contributed by atoms with van der Waals surface area (Å²) >= 11 is 0. The monoisotopic (exact) mass is 495 g/mol. The Bertz CT molecular complexity index is 1220. The van der Waals surface area contributed by atoms with E-state index in [-0.39, 0.29) is 30.1 Å². The van der Waals surface area contributed by atoms with Crippen LogP contribution >= 0.6 is 0 Å². The van der Waals surface area contributed by atoms with Gasteiger partial charge in [-0.2, -0.15) is 4.31 Å². The molecular weight excluding hydrogens is 462 g/mol. The highest BCUT2D eigenvalue weighted by atomic mass is 32.2. The van der Waals surface area contributed by atoms with Gasteiger partial charge in [-0.25, -0.2) is 8.42 Å². The molecule has 0 aliphatic carbocycles. The number of aliphatic hydroxyl groups is 1. The van der Waals surface area contributed by atoms with Gasteiger partial charge in [0.25, 0.3) is 0 Å². The van der Waals surface area contributed by atoms with Crippen molar-refractivity contribution in [2.45, 2.75) is 37.4 Å². The van der Waals surface area contributed by atoms with E-state index in [1.165, 1.54) is 4.31 Å². The summed E-state index contributed by atoms with van der Waals surface area (Å²) in [4.78, 5) is 6.39. The molecule has 0 spiro atoms. The first-order chi connectivity index (χ1) is 16.8. The van der Waals surface area contributed by atoms with Crippen molar-refractivity contribution >= 4 is 10.0 Å². The molecule has 35 heavy (non-hydrogen) atoms. The molecule has 0 bridgehead atoms. The third kappa shape index (κ3) is 5.73. The molecule has 0 saturated heterocycles. The van der Waals surface area contributed by atoms with Crippen LogP contribution in [0.5, 0.6) is 5.75 Å². The summed E-state index contributed by atoms with van der Waals surface area (Å²) in [5.74, 6) is 0.238. The molecule has 0 fully saturated rings. The lowest BCUT2D eigenvalue weighted by Crippen LogP contribution is -2.49. The number of hydrogen-bond acceptors (Lipinski definition) is 6. The predicted octanol–water partition coefficient (Wildman–Crippen LogP) is 3.65. The number of nitrogens with zero attached hydrogens (tertiary/aromatic N) is 3. The fourth-order valence-corrected chi connectivity index (χ4v) is 6.25. The molecule has 8 heteroatoms. The number of aliphatic hydroxyl groups excluding tert-OH is 1. The second-order valence-corrected chi connectivity index (χ2v) is 11.2. The Morgan fingerprint density at radius 3 is 2.51 bits per heavy atom. The van der Waals surface area contributed by atoms with Crippen LogP contribution < -0.4 is 4.74 Å². The van der Waals surface area contributed by atoms with E-state index in [1.807, 2.05) is 68.6 Å². The quantitative estimate of drug-likeness (QED) is 0.539. The number of rotatable bonds is 7. The van der Waals surface area contributed by atoms with Gasteiger partial charge in [0, 0.05) is 44.0 Å². The summed E-state index contributed by atoms with van der Waals surface area (Å²) in [6.45, 7) is 5.08. The third-order valence-corrected chi connectivity index (χ3v) is 8.49. The van der Waals surface area contributed by atoms with Crippen LogP contribution in [0.2, 0.25) is 0 Å². The Morgan fingerprint density at radius 1 is 1.11 bits per heavy atom. The summed E-state index contributed by atoms with van der Waals surface area (Å²) in [5, 5.41) is 9.83. The second-order valence-electron chi connectivity index (χ2n) is 9.32. The van der Waals surface area contributed by atoms with Gasteiger partial charge in [0.05, 0.1) is 6.61 Å². The van der Waals surface area contributed by atoms with Gasteiger partial charge in [-0.3, -0.25) is 9.88 Å². The molecule has 186 valence electrons. The van der Waals surface area contributed by atoms with Crippen LogP contribution in [-0.4, -0.2) is 66.6 Å². The molecule has 1 aliphatic heterocycles. The lowest BCUT2D eigenvalue weighted by atomic mass is 10.0. The number of aromatic nitrogens is 1. The molecule has 1 N–H and O–H groups in total. The number of ether oxygens (including phenoxy) is 1. The van der Waals surface area contributed by atoms with Crippen molar-refractivity contribution in [3.8, 4) is 16.9 Å². The Kier molecular flexibility index (Phi) is 7.86. The maximum absolute atomic E-state index is 13.7. The lowest BCUT2D eigenvalue weighted by Gasteiger charge is -2.37. The average Bonchev–Trinajstić information content (AvgIpc) is 2.86. The maximum Gasteiger partial charge on any atom is 0.247 e. The van der Waals surface area contributed by atoms with Crippen LogP contribution in [0.15, 0.2) is 78.0 Å². The Hall–Kier alpha value is -2.78. The van der Waals surface area contributed by atoms with Gasteiger partial charge in [0.1, 0.15) is 16.7 Å². The molecule has 1 aromatic heterocycles. The smallest absolute Gasteiger partial charge is 0.247 e. The van der Waals surface area contributed by atoms with E-state index in [4.69, 9.17) is 4.74 Å². The summed E-state index contributed by atoms with van der Waals surface area (Å²) in [5.41, 5.74) is 3.02. The Balaban J connectivity index is 1.72. The molecule has 2 aromatic carbocycles. The second kappa shape index (κ2) is 10.9. The first-order valence-electron chi connectivity index (χ1n) is 11.9. The number of sulfonamides is 1. The van der Waals surface area contributed by atoms with Crippen LogP contribution in [0.4, 0.5) is 0 Å². The maximum atomic E-state index is 13.7. The molecule has 7 nitrogen and oxygen atoms in total. The summed E-state index contributed by atoms with van der Waals surface area (Å²) in [6, 6.07) is 18.5. The molecule has 0 saturated carbocycles. The highest BCUT2D eigenvalue weighted by molar-refractivity contribution is 7.89. The minimum absolute atomic E-state index is 0.104. The summed E-state index contributed by atoms with van der Waals surface area (Å²) < 4.78 is 35.2. The van der Waals surface area contributed by atoms with Gasteiger partial charge < -0.3 is 9.84 Å². The molecular formula is C27H33N3O4S. The molecule has 0 unspecified atom stereocenters. The van der Waals surface area contributed by atoms with Crippen LogP contribution in [0, 0.1) is 5.92 Å². The number of pyridine rings is 1. The van der Waals surface area contributed by atoms with Crippen molar-refractivity contribution in [3.05, 3.63) is 78.6 Å². The predicted molar refractivity (Wildman–Crippen MR) is 136 cm³/mol. The molecule has 2 heterocycles. The van der Waals surface area contributed by atoms with Crippen LogP contribution in [0.25, 0.3) is 11.1 Å². The lowest BCUT2D eigenvalue weighted by molar-refractivity contribution is 0.0734. The third-order valence-electron chi connectivity index (χ3n) is 6.47. The molecule has 0 amide bonds. The van der Waals surface area contributed by atoms with E-state index in [0.717, 1.165) is 23.2 Å². The molecule has 3 aromatic rings. The van der Waals surface area contributed by atoms with Gasteiger partial charge in [0.15, 0.2) is 0 Å². The van der Waals surface area contributed by atoms with Gasteiger partial charge >= 0.3 is 0 Å². The van der Waals surface area contributed by atoms with Crippen molar-refractivity contribution in [2.24, 2.45) is 5.92 Å². The molecule has 1 aliphatic rings. The fraction of sp³-hybridized carbons (Fsp3) is 0.370. The largest absolute Gasteiger partial charge is 0.487 e. The van der Waals surface area contributed by atoms with Crippen LogP contribution in [0.1, 0.15) is 19.4 Å². The number of likely N-dealkylation sites (N-methyl/N-ethyl adjacent to an activating group) is 1. The fourth-order valence-electron chi connectivity index (χ4n) is 4.43. The number of benzene rings is 2. The molecule has 0 radical (unpaired) electrons. The zero-order chi connectivity index (χ0) is 25.0. The van der Waals surface area contributed by atoms with Crippen molar-refractivity contribution in [2.75, 3.05) is 26.7 Å². The minimum Gasteiger partial charge on any atom is -0.487 e. The highest BCUT2D eigenvalue weighted by Crippen LogP contribution is 2.36. The van der Waals surface area contributed by atoms with Crippen LogP contribution in [0.3, 0.4) is 0 Å². The Morgan fingerprint density at radius 2 is 1.83 bits per heavy atom. The van der Waals surface area contributed by atoms with E-state index in [2.05, 4.69) is 9.88 Å². The zero-order valence-electron chi connectivity index (χ0n) is 20.4. The van der Waals surface area contributed by atoms with E-state index >= 15 is 0 Å². The van der Waals surface area contributed by atoms with Gasteiger partial charge in [-0.05, 0) is 54.9 Å². The average molecular weight is 496 g/mol. The standard InChI is InChI=1S/C27H33N3O4S/c1-20-16-30(21(2)19-31)35(32,33)27-10-9-24(23-7-5-4-6-8-23)15-25(27)34-26(20)18-29(3)17-22-11-13-28-14-12-22/h4-15,20-21,26,31H,16-19H2,1-3H3/t20-,21-,26-/m1/s1. The topological polar surface area (TPSA) is 83.0 Å². The zero-order valence-corrected chi connectivity index (χ0v) is 21.2. The molecule has 4 rings (SSSR count). The SMILES string of the molecule is C[C@@H]1CN([C@H](C)CO)S(=O)(=O)c2ccc(-c3ccccc3)cc2O[C@@H]1CN(C)Cc1ccncc1. The highest BCUT2D eigenvalue weighted by Gasteiger charge is 2.38. The van der Waals surface area contributed by atoms with Crippen molar-refractivity contribution in [1.82, 2.24) is 14.2 Å². The van der Waals surface area contributed by atoms with Crippen LogP contribution in [-0.2, 0) is 16.6 Å². The van der Waals surface area contributed by atoms with Crippen molar-refractivity contribution in [1.29, 1.82) is 0 Å². The minimum atomic E-state index is -3.86. The van der Waals surface area contributed by atoms with Crippen molar-refractivity contribution < 1.29 is 18.3 Å².